The average molecular weight is 306 g/mol. The van der Waals surface area contributed by atoms with Crippen LogP contribution in [0.1, 0.15) is 47.9 Å². The lowest BCUT2D eigenvalue weighted by atomic mass is 9.76. The molecular weight excluding hydrogens is 280 g/mol. The van der Waals surface area contributed by atoms with Crippen LogP contribution in [-0.2, 0) is 18.3 Å². The highest BCUT2D eigenvalue weighted by atomic mass is 14.5. The third-order valence-electron chi connectivity index (χ3n) is 5.81. The van der Waals surface area contributed by atoms with E-state index in [1.165, 1.54) is 47.9 Å². The van der Waals surface area contributed by atoms with Crippen LogP contribution in [0.5, 0.6) is 0 Å². The fraction of sp³-hybridized carbons (Fsp3) is 0.429. The van der Waals surface area contributed by atoms with Crippen molar-refractivity contribution in [3.63, 3.8) is 0 Å². The fourth-order valence-corrected chi connectivity index (χ4v) is 4.76. The molecule has 0 amide bonds. The topological polar surface area (TPSA) is 52.0 Å². The number of hydrogen-bond acceptors (Lipinski definition) is 2. The van der Waals surface area contributed by atoms with Gasteiger partial charge in [0.1, 0.15) is 0 Å². The minimum Gasteiger partial charge on any atom is -0.330 e. The Hall–Kier alpha value is -1.64. The van der Waals surface area contributed by atoms with Gasteiger partial charge in [-0.2, -0.15) is 0 Å². The Balaban J connectivity index is 1.89. The third-order valence-corrected chi connectivity index (χ3v) is 5.81. The van der Waals surface area contributed by atoms with E-state index in [1.807, 2.05) is 0 Å². The molecule has 1 fully saturated rings. The Bertz CT molecular complexity index is 727. The zero-order valence-corrected chi connectivity index (χ0v) is 13.8. The molecule has 0 aromatic heterocycles. The van der Waals surface area contributed by atoms with Crippen molar-refractivity contribution in [1.82, 2.24) is 0 Å². The van der Waals surface area contributed by atoms with Gasteiger partial charge in [0, 0.05) is 5.41 Å². The van der Waals surface area contributed by atoms with Crippen LogP contribution in [0.3, 0.4) is 0 Å². The van der Waals surface area contributed by atoms with E-state index < -0.39 is 0 Å². The third kappa shape index (κ3) is 2.24. The lowest BCUT2D eigenvalue weighted by Gasteiger charge is -2.27. The van der Waals surface area contributed by atoms with Crippen molar-refractivity contribution in [2.45, 2.75) is 43.9 Å². The van der Waals surface area contributed by atoms with E-state index in [0.29, 0.717) is 6.54 Å². The Labute approximate surface area is 138 Å². The molecule has 1 saturated carbocycles. The van der Waals surface area contributed by atoms with E-state index >= 15 is 0 Å². The largest absolute Gasteiger partial charge is 0.330 e. The lowest BCUT2D eigenvalue weighted by Crippen LogP contribution is -2.20. The van der Waals surface area contributed by atoms with Crippen molar-refractivity contribution < 1.29 is 0 Å². The molecule has 1 spiro atoms. The Kier molecular flexibility index (Phi) is 3.74. The minimum atomic E-state index is 0.260. The Morgan fingerprint density at radius 2 is 1.39 bits per heavy atom. The Morgan fingerprint density at radius 1 is 0.739 bits per heavy atom. The summed E-state index contributed by atoms with van der Waals surface area (Å²) in [5, 5.41) is 0. The van der Waals surface area contributed by atoms with Gasteiger partial charge in [0.25, 0.3) is 0 Å². The molecule has 0 saturated heterocycles. The summed E-state index contributed by atoms with van der Waals surface area (Å²) in [6, 6.07) is 14.1. The van der Waals surface area contributed by atoms with Crippen molar-refractivity contribution in [2.24, 2.45) is 11.5 Å². The predicted octanol–water partition coefficient (Wildman–Crippen LogP) is 3.53. The number of fused-ring (bicyclic) bond motifs is 5. The van der Waals surface area contributed by atoms with Gasteiger partial charge in [0.15, 0.2) is 0 Å². The van der Waals surface area contributed by atoms with Crippen LogP contribution in [0, 0.1) is 0 Å². The maximum Gasteiger partial charge on any atom is 0.0215 e. The molecular formula is C21H26N2. The molecule has 2 heteroatoms. The molecule has 2 aromatic rings. The summed E-state index contributed by atoms with van der Waals surface area (Å²) >= 11 is 0. The monoisotopic (exact) mass is 306 g/mol. The van der Waals surface area contributed by atoms with Gasteiger partial charge in [-0.15, -0.1) is 0 Å². The second-order valence-electron chi connectivity index (χ2n) is 7.13. The molecule has 0 bridgehead atoms. The van der Waals surface area contributed by atoms with Crippen molar-refractivity contribution in [1.29, 1.82) is 0 Å². The first-order chi connectivity index (χ1) is 11.3. The van der Waals surface area contributed by atoms with Crippen molar-refractivity contribution in [3.05, 3.63) is 58.7 Å². The average Bonchev–Trinajstić information content (AvgIpc) is 3.15. The second kappa shape index (κ2) is 5.77. The van der Waals surface area contributed by atoms with Crippen LogP contribution in [-0.4, -0.2) is 13.1 Å². The van der Waals surface area contributed by atoms with E-state index in [4.69, 9.17) is 11.5 Å². The van der Waals surface area contributed by atoms with Gasteiger partial charge in [-0.3, -0.25) is 0 Å². The first-order valence-electron chi connectivity index (χ1n) is 8.96. The number of hydrogen-bond donors (Lipinski definition) is 2. The molecule has 0 aliphatic heterocycles. The highest BCUT2D eigenvalue weighted by Crippen LogP contribution is 2.57. The van der Waals surface area contributed by atoms with E-state index in [9.17, 15) is 0 Å². The molecule has 4 N–H and O–H groups in total. The number of benzene rings is 2. The van der Waals surface area contributed by atoms with Crippen LogP contribution >= 0.6 is 0 Å². The summed E-state index contributed by atoms with van der Waals surface area (Å²) < 4.78 is 0. The zero-order chi connectivity index (χ0) is 15.9. The SMILES string of the molecule is NCCc1ccc2c(c1)-c1ccc(CCN)cc1C21CCCC1. The van der Waals surface area contributed by atoms with Crippen LogP contribution in [0.25, 0.3) is 11.1 Å². The molecule has 2 aliphatic rings. The lowest BCUT2D eigenvalue weighted by molar-refractivity contribution is 0.549. The Morgan fingerprint density at radius 3 is 2.09 bits per heavy atom. The highest BCUT2D eigenvalue weighted by molar-refractivity contribution is 5.82. The first-order valence-corrected chi connectivity index (χ1v) is 8.96. The van der Waals surface area contributed by atoms with Gasteiger partial charge in [-0.1, -0.05) is 49.2 Å². The van der Waals surface area contributed by atoms with E-state index in [1.54, 1.807) is 11.1 Å². The molecule has 0 unspecified atom stereocenters. The van der Waals surface area contributed by atoms with Crippen LogP contribution < -0.4 is 11.5 Å². The molecule has 0 atom stereocenters. The van der Waals surface area contributed by atoms with E-state index in [2.05, 4.69) is 36.4 Å². The van der Waals surface area contributed by atoms with Gasteiger partial charge in [0.05, 0.1) is 0 Å². The summed E-state index contributed by atoms with van der Waals surface area (Å²) in [6.07, 6.45) is 7.18. The quantitative estimate of drug-likeness (QED) is 0.908. The smallest absolute Gasteiger partial charge is 0.0215 e. The van der Waals surface area contributed by atoms with Crippen molar-refractivity contribution >= 4 is 0 Å². The molecule has 23 heavy (non-hydrogen) atoms. The molecule has 0 radical (unpaired) electrons. The van der Waals surface area contributed by atoms with Gasteiger partial charge < -0.3 is 11.5 Å². The van der Waals surface area contributed by atoms with Crippen LogP contribution in [0.2, 0.25) is 0 Å². The number of nitrogens with two attached hydrogens (primary N) is 2. The van der Waals surface area contributed by atoms with E-state index in [0.717, 1.165) is 19.4 Å². The van der Waals surface area contributed by atoms with Crippen molar-refractivity contribution in [3.8, 4) is 11.1 Å². The zero-order valence-electron chi connectivity index (χ0n) is 13.8. The minimum absolute atomic E-state index is 0.260. The summed E-state index contributed by atoms with van der Waals surface area (Å²) in [5.74, 6) is 0. The van der Waals surface area contributed by atoms with Crippen molar-refractivity contribution in [2.75, 3.05) is 13.1 Å². The predicted molar refractivity (Wildman–Crippen MR) is 96.6 cm³/mol. The molecule has 0 heterocycles. The maximum atomic E-state index is 5.78. The fourth-order valence-electron chi connectivity index (χ4n) is 4.76. The summed E-state index contributed by atoms with van der Waals surface area (Å²) in [4.78, 5) is 0. The first kappa shape index (κ1) is 14.9. The summed E-state index contributed by atoms with van der Waals surface area (Å²) in [6.45, 7) is 1.44. The van der Waals surface area contributed by atoms with Crippen LogP contribution in [0.15, 0.2) is 36.4 Å². The maximum absolute atomic E-state index is 5.78. The van der Waals surface area contributed by atoms with Gasteiger partial charge in [-0.25, -0.2) is 0 Å². The van der Waals surface area contributed by atoms with Gasteiger partial charge >= 0.3 is 0 Å². The molecule has 4 rings (SSSR count). The van der Waals surface area contributed by atoms with Gasteiger partial charge in [-0.05, 0) is 72.2 Å². The second-order valence-corrected chi connectivity index (χ2v) is 7.13. The molecule has 2 aliphatic carbocycles. The molecule has 2 nitrogen and oxygen atoms in total. The highest BCUT2D eigenvalue weighted by Gasteiger charge is 2.44. The van der Waals surface area contributed by atoms with Gasteiger partial charge in [0.2, 0.25) is 0 Å². The summed E-state index contributed by atoms with van der Waals surface area (Å²) in [5.41, 5.74) is 20.5. The van der Waals surface area contributed by atoms with E-state index in [-0.39, 0.29) is 5.41 Å². The molecule has 120 valence electrons. The van der Waals surface area contributed by atoms with Crippen LogP contribution in [0.4, 0.5) is 0 Å². The normalized spacial score (nSPS) is 17.5. The standard InChI is InChI=1S/C21H26N2/c22-11-7-15-4-6-19-18(13-15)17-5-3-16(8-12-23)14-20(17)21(19)9-1-2-10-21/h3-6,13-14H,1-2,7-12,22-23H2. The summed E-state index contributed by atoms with van der Waals surface area (Å²) in [7, 11) is 0. The molecule has 2 aromatic carbocycles. The number of rotatable bonds is 4.